The van der Waals surface area contributed by atoms with Crippen LogP contribution in [-0.2, 0) is 0 Å². The summed E-state index contributed by atoms with van der Waals surface area (Å²) >= 11 is 0. The number of benzene rings is 2. The van der Waals surface area contributed by atoms with Gasteiger partial charge in [-0.25, -0.2) is 0 Å². The quantitative estimate of drug-likeness (QED) is 0.480. The molecule has 0 unspecified atom stereocenters. The van der Waals surface area contributed by atoms with E-state index in [0.717, 1.165) is 27.8 Å². The van der Waals surface area contributed by atoms with Crippen LogP contribution in [0.4, 0.5) is 5.69 Å². The van der Waals surface area contributed by atoms with Crippen molar-refractivity contribution in [1.82, 2.24) is 9.97 Å². The Morgan fingerprint density at radius 2 is 1.30 bits per heavy atom. The predicted octanol–water partition coefficient (Wildman–Crippen LogP) is 4.67. The Kier molecular flexibility index (Phi) is 4.20. The van der Waals surface area contributed by atoms with Crippen LogP contribution in [0, 0.1) is 13.8 Å². The average molecular weight is 301 g/mol. The van der Waals surface area contributed by atoms with E-state index in [2.05, 4.69) is 28.2 Å². The van der Waals surface area contributed by atoms with Crippen molar-refractivity contribution in [3.8, 4) is 0 Å². The van der Waals surface area contributed by atoms with Gasteiger partial charge in [0.25, 0.3) is 0 Å². The lowest BCUT2D eigenvalue weighted by Crippen LogP contribution is -1.88. The van der Waals surface area contributed by atoms with Crippen molar-refractivity contribution in [2.75, 3.05) is 5.73 Å². The molecule has 0 saturated heterocycles. The molecule has 2 N–H and O–H groups in total. The second-order valence-electron chi connectivity index (χ2n) is 5.57. The van der Waals surface area contributed by atoms with Crippen LogP contribution in [0.25, 0.3) is 21.5 Å². The molecule has 2 aromatic heterocycles. The lowest BCUT2D eigenvalue weighted by molar-refractivity contribution is 1.22. The van der Waals surface area contributed by atoms with E-state index in [0.29, 0.717) is 0 Å². The lowest BCUT2D eigenvalue weighted by atomic mass is 10.1. The van der Waals surface area contributed by atoms with E-state index in [1.54, 1.807) is 0 Å². The summed E-state index contributed by atoms with van der Waals surface area (Å²) < 4.78 is 0. The zero-order valence-electron chi connectivity index (χ0n) is 13.3. The normalized spacial score (nSPS) is 10.3. The Morgan fingerprint density at radius 1 is 0.696 bits per heavy atom. The summed E-state index contributed by atoms with van der Waals surface area (Å²) in [6.07, 6.45) is 3.76. The van der Waals surface area contributed by atoms with Crippen LogP contribution < -0.4 is 5.73 Å². The molecule has 0 saturated carbocycles. The fourth-order valence-corrected chi connectivity index (χ4v) is 2.49. The molecular weight excluding hydrogens is 282 g/mol. The SMILES string of the molecule is Cc1cc2c(N)cccc2cn1.Cc1cc2ccccc2cn1. The summed E-state index contributed by atoms with van der Waals surface area (Å²) in [6, 6.07) is 18.2. The van der Waals surface area contributed by atoms with Crippen LogP contribution in [0.5, 0.6) is 0 Å². The first kappa shape index (κ1) is 15.0. The van der Waals surface area contributed by atoms with E-state index in [9.17, 15) is 0 Å². The fraction of sp³-hybridized carbons (Fsp3) is 0.100. The minimum Gasteiger partial charge on any atom is -0.398 e. The highest BCUT2D eigenvalue weighted by Crippen LogP contribution is 2.20. The molecule has 0 aliphatic rings. The van der Waals surface area contributed by atoms with Crippen molar-refractivity contribution in [3.05, 3.63) is 78.4 Å². The minimum absolute atomic E-state index is 0.818. The molecule has 4 rings (SSSR count). The number of aromatic nitrogens is 2. The highest BCUT2D eigenvalue weighted by Gasteiger charge is 1.96. The van der Waals surface area contributed by atoms with Gasteiger partial charge in [0.2, 0.25) is 0 Å². The topological polar surface area (TPSA) is 51.8 Å². The maximum Gasteiger partial charge on any atom is 0.0394 e. The number of anilines is 1. The van der Waals surface area contributed by atoms with Crippen LogP contribution in [-0.4, -0.2) is 9.97 Å². The molecule has 0 amide bonds. The molecule has 23 heavy (non-hydrogen) atoms. The molecule has 0 aliphatic heterocycles. The molecule has 2 aromatic carbocycles. The minimum atomic E-state index is 0.818. The van der Waals surface area contributed by atoms with Gasteiger partial charge in [-0.1, -0.05) is 36.4 Å². The van der Waals surface area contributed by atoms with Crippen LogP contribution in [0.2, 0.25) is 0 Å². The summed E-state index contributed by atoms with van der Waals surface area (Å²) in [7, 11) is 0. The van der Waals surface area contributed by atoms with Crippen LogP contribution in [0.1, 0.15) is 11.4 Å². The molecule has 0 aliphatic carbocycles. The van der Waals surface area contributed by atoms with Crippen molar-refractivity contribution in [2.45, 2.75) is 13.8 Å². The Morgan fingerprint density at radius 3 is 2.09 bits per heavy atom. The number of rotatable bonds is 0. The molecule has 0 atom stereocenters. The number of nitrogens with two attached hydrogens (primary N) is 1. The van der Waals surface area contributed by atoms with Gasteiger partial charge in [-0.15, -0.1) is 0 Å². The van der Waals surface area contributed by atoms with E-state index in [-0.39, 0.29) is 0 Å². The van der Waals surface area contributed by atoms with Gasteiger partial charge in [-0.2, -0.15) is 0 Å². The molecule has 0 spiro atoms. The second-order valence-corrected chi connectivity index (χ2v) is 5.57. The Bertz CT molecular complexity index is 961. The third-order valence-corrected chi connectivity index (χ3v) is 3.70. The number of hydrogen-bond acceptors (Lipinski definition) is 3. The van der Waals surface area contributed by atoms with Crippen LogP contribution in [0.15, 0.2) is 67.0 Å². The third kappa shape index (κ3) is 3.46. The highest BCUT2D eigenvalue weighted by molar-refractivity contribution is 5.92. The maximum atomic E-state index is 5.80. The molecule has 0 bridgehead atoms. The number of nitrogens with zero attached hydrogens (tertiary/aromatic N) is 2. The smallest absolute Gasteiger partial charge is 0.0394 e. The average Bonchev–Trinajstić information content (AvgIpc) is 2.56. The zero-order chi connectivity index (χ0) is 16.2. The van der Waals surface area contributed by atoms with E-state index >= 15 is 0 Å². The molecule has 2 heterocycles. The van der Waals surface area contributed by atoms with Crippen LogP contribution in [0.3, 0.4) is 0 Å². The van der Waals surface area contributed by atoms with Gasteiger partial charge in [0.15, 0.2) is 0 Å². The summed E-state index contributed by atoms with van der Waals surface area (Å²) in [5, 5.41) is 4.66. The molecule has 3 nitrogen and oxygen atoms in total. The van der Waals surface area contributed by atoms with Crippen molar-refractivity contribution in [3.63, 3.8) is 0 Å². The standard InChI is InChI=1S/C10H10N2.C10H9N/c1-7-5-9-8(6-12-7)3-2-4-10(9)11;1-8-6-9-4-2-3-5-10(9)7-11-8/h2-6H,11H2,1H3;2-7H,1H3. The van der Waals surface area contributed by atoms with Gasteiger partial charge >= 0.3 is 0 Å². The lowest BCUT2D eigenvalue weighted by Gasteiger charge is -2.01. The monoisotopic (exact) mass is 301 g/mol. The first-order valence-corrected chi connectivity index (χ1v) is 7.56. The maximum absolute atomic E-state index is 5.80. The van der Waals surface area contributed by atoms with Gasteiger partial charge in [0, 0.05) is 45.6 Å². The summed E-state index contributed by atoms with van der Waals surface area (Å²) in [6.45, 7) is 3.97. The summed E-state index contributed by atoms with van der Waals surface area (Å²) in [4.78, 5) is 8.40. The Balaban J connectivity index is 0.000000136. The third-order valence-electron chi connectivity index (χ3n) is 3.70. The van der Waals surface area contributed by atoms with Crippen LogP contribution >= 0.6 is 0 Å². The first-order valence-electron chi connectivity index (χ1n) is 7.56. The van der Waals surface area contributed by atoms with Gasteiger partial charge in [0.1, 0.15) is 0 Å². The fourth-order valence-electron chi connectivity index (χ4n) is 2.49. The summed E-state index contributed by atoms with van der Waals surface area (Å²) in [5.41, 5.74) is 8.69. The number of aryl methyl sites for hydroxylation is 2. The Hall–Kier alpha value is -2.94. The van der Waals surface area contributed by atoms with Crippen molar-refractivity contribution >= 4 is 27.2 Å². The number of fused-ring (bicyclic) bond motifs is 2. The Labute approximate surface area is 135 Å². The van der Waals surface area contributed by atoms with Crippen molar-refractivity contribution < 1.29 is 0 Å². The zero-order valence-corrected chi connectivity index (χ0v) is 13.3. The van der Waals surface area contributed by atoms with Gasteiger partial charge in [-0.3, -0.25) is 9.97 Å². The number of hydrogen-bond donors (Lipinski definition) is 1. The largest absolute Gasteiger partial charge is 0.398 e. The molecular formula is C20H19N3. The molecule has 3 heteroatoms. The number of pyridine rings is 2. The summed E-state index contributed by atoms with van der Waals surface area (Å²) in [5.74, 6) is 0. The molecule has 0 radical (unpaired) electrons. The van der Waals surface area contributed by atoms with Gasteiger partial charge in [0.05, 0.1) is 0 Å². The van der Waals surface area contributed by atoms with Crippen molar-refractivity contribution in [1.29, 1.82) is 0 Å². The highest BCUT2D eigenvalue weighted by atomic mass is 14.7. The molecule has 0 fully saturated rings. The van der Waals surface area contributed by atoms with Crippen molar-refractivity contribution in [2.24, 2.45) is 0 Å². The predicted molar refractivity (Wildman–Crippen MR) is 97.4 cm³/mol. The van der Waals surface area contributed by atoms with E-state index < -0.39 is 0 Å². The van der Waals surface area contributed by atoms with Gasteiger partial charge in [-0.05, 0) is 37.4 Å². The van der Waals surface area contributed by atoms with E-state index in [1.165, 1.54) is 10.8 Å². The van der Waals surface area contributed by atoms with E-state index in [1.807, 2.05) is 62.6 Å². The molecule has 4 aromatic rings. The van der Waals surface area contributed by atoms with Gasteiger partial charge < -0.3 is 5.73 Å². The first-order chi connectivity index (χ1) is 11.1. The number of nitrogen functional groups attached to an aromatic ring is 1. The molecule has 114 valence electrons. The van der Waals surface area contributed by atoms with E-state index in [4.69, 9.17) is 5.73 Å². The second kappa shape index (κ2) is 6.44.